The molecular weight excluding hydrogens is 348 g/mol. The van der Waals surface area contributed by atoms with Gasteiger partial charge < -0.3 is 5.32 Å². The first-order valence-corrected chi connectivity index (χ1v) is 10.1. The molecule has 1 unspecified atom stereocenters. The predicted octanol–water partition coefficient (Wildman–Crippen LogP) is 2.38. The van der Waals surface area contributed by atoms with Gasteiger partial charge in [-0.05, 0) is 25.3 Å². The molecule has 5 heterocycles. The van der Waals surface area contributed by atoms with Gasteiger partial charge in [0, 0.05) is 35.8 Å². The Kier molecular flexibility index (Phi) is 4.56. The van der Waals surface area contributed by atoms with Crippen LogP contribution in [0, 0.1) is 11.8 Å². The summed E-state index contributed by atoms with van der Waals surface area (Å²) < 4.78 is 1.97. The van der Waals surface area contributed by atoms with E-state index < -0.39 is 0 Å². The van der Waals surface area contributed by atoms with Crippen LogP contribution in [0.15, 0.2) is 17.8 Å². The standard InChI is InChI=1S/C18H26N6OS/c1-18(2,3)15-11-24(22-21-15)9-13-8-12-4-6-23(13)10-14(12)16(25)20-17-19-5-7-26-17/h5,7,11-14H,4,6,8-10H2,1-3H3,(H,19,20,25)/t12-,13+,14-/m0/s1. The van der Waals surface area contributed by atoms with Crippen LogP contribution in [0.25, 0.3) is 0 Å². The highest BCUT2D eigenvalue weighted by atomic mass is 32.1. The van der Waals surface area contributed by atoms with Gasteiger partial charge in [-0.1, -0.05) is 26.0 Å². The van der Waals surface area contributed by atoms with Crippen LogP contribution < -0.4 is 5.32 Å². The summed E-state index contributed by atoms with van der Waals surface area (Å²) in [5.41, 5.74) is 1.04. The minimum atomic E-state index is 0.0170. The van der Waals surface area contributed by atoms with Crippen molar-refractivity contribution in [3.05, 3.63) is 23.5 Å². The number of nitrogens with zero attached hydrogens (tertiary/aromatic N) is 5. The molecule has 0 aromatic carbocycles. The van der Waals surface area contributed by atoms with E-state index in [1.165, 1.54) is 11.3 Å². The highest BCUT2D eigenvalue weighted by molar-refractivity contribution is 7.13. The number of carbonyl (C=O) groups is 1. The van der Waals surface area contributed by atoms with E-state index >= 15 is 0 Å². The zero-order valence-electron chi connectivity index (χ0n) is 15.6. The number of anilines is 1. The number of fused-ring (bicyclic) bond motifs is 3. The molecule has 0 spiro atoms. The molecule has 1 amide bonds. The van der Waals surface area contributed by atoms with Gasteiger partial charge in [0.25, 0.3) is 0 Å². The fourth-order valence-corrected chi connectivity index (χ4v) is 4.59. The number of hydrogen-bond acceptors (Lipinski definition) is 6. The molecule has 140 valence electrons. The number of hydrogen-bond donors (Lipinski definition) is 1. The SMILES string of the molecule is CC(C)(C)c1cn(C[C@H]2C[C@@H]3CCN2C[C@@H]3C(=O)Nc2nccs2)nn1. The maximum atomic E-state index is 12.6. The third kappa shape index (κ3) is 3.53. The molecule has 2 aromatic heterocycles. The normalized spacial score (nSPS) is 28.3. The summed E-state index contributed by atoms with van der Waals surface area (Å²) in [4.78, 5) is 19.2. The lowest BCUT2D eigenvalue weighted by molar-refractivity contribution is -0.127. The average molecular weight is 375 g/mol. The first-order valence-electron chi connectivity index (χ1n) is 9.25. The minimum Gasteiger partial charge on any atom is -0.302 e. The number of thiazole rings is 1. The molecule has 3 saturated heterocycles. The van der Waals surface area contributed by atoms with Crippen LogP contribution in [0.5, 0.6) is 0 Å². The van der Waals surface area contributed by atoms with Crippen molar-refractivity contribution in [2.45, 2.75) is 51.6 Å². The van der Waals surface area contributed by atoms with Crippen LogP contribution in [0.4, 0.5) is 5.13 Å². The molecule has 7 nitrogen and oxygen atoms in total. The molecule has 2 bridgehead atoms. The molecule has 3 fully saturated rings. The quantitative estimate of drug-likeness (QED) is 0.889. The van der Waals surface area contributed by atoms with Gasteiger partial charge >= 0.3 is 0 Å². The Morgan fingerprint density at radius 2 is 2.27 bits per heavy atom. The number of aromatic nitrogens is 4. The summed E-state index contributed by atoms with van der Waals surface area (Å²) in [6, 6.07) is 0.437. The topological polar surface area (TPSA) is 75.9 Å². The maximum absolute atomic E-state index is 12.6. The molecule has 0 aliphatic carbocycles. The van der Waals surface area contributed by atoms with Gasteiger partial charge in [-0.2, -0.15) is 0 Å². The van der Waals surface area contributed by atoms with E-state index in [0.29, 0.717) is 17.1 Å². The van der Waals surface area contributed by atoms with Crippen LogP contribution in [-0.4, -0.2) is 49.9 Å². The fraction of sp³-hybridized carbons (Fsp3) is 0.667. The third-order valence-corrected chi connectivity index (χ3v) is 6.27. The molecular formula is C18H26N6OS. The first-order chi connectivity index (χ1) is 12.4. The smallest absolute Gasteiger partial charge is 0.230 e. The van der Waals surface area contributed by atoms with Gasteiger partial charge in [0.05, 0.1) is 18.2 Å². The average Bonchev–Trinajstić information content (AvgIpc) is 3.27. The fourth-order valence-electron chi connectivity index (χ4n) is 4.06. The second kappa shape index (κ2) is 6.74. The Balaban J connectivity index is 1.39. The van der Waals surface area contributed by atoms with Crippen molar-refractivity contribution < 1.29 is 4.79 Å². The maximum Gasteiger partial charge on any atom is 0.230 e. The molecule has 0 radical (unpaired) electrons. The number of amides is 1. The molecule has 8 heteroatoms. The number of rotatable bonds is 4. The second-order valence-corrected chi connectivity index (χ2v) is 9.34. The van der Waals surface area contributed by atoms with Crippen LogP contribution >= 0.6 is 11.3 Å². The molecule has 3 aliphatic heterocycles. The van der Waals surface area contributed by atoms with Crippen molar-refractivity contribution in [3.8, 4) is 0 Å². The Hall–Kier alpha value is -1.80. The molecule has 0 saturated carbocycles. The van der Waals surface area contributed by atoms with Gasteiger partial charge in [0.1, 0.15) is 0 Å². The minimum absolute atomic E-state index is 0.0170. The summed E-state index contributed by atoms with van der Waals surface area (Å²) in [6.45, 7) is 9.20. The first kappa shape index (κ1) is 17.6. The molecule has 2 aromatic rings. The largest absolute Gasteiger partial charge is 0.302 e. The lowest BCUT2D eigenvalue weighted by Gasteiger charge is -2.49. The van der Waals surface area contributed by atoms with Gasteiger partial charge in [0.2, 0.25) is 5.91 Å². The van der Waals surface area contributed by atoms with Crippen molar-refractivity contribution in [2.75, 3.05) is 18.4 Å². The van der Waals surface area contributed by atoms with Gasteiger partial charge in [-0.25, -0.2) is 4.98 Å². The van der Waals surface area contributed by atoms with Gasteiger partial charge in [0.15, 0.2) is 5.13 Å². The van der Waals surface area contributed by atoms with E-state index in [1.807, 2.05) is 10.1 Å². The zero-order chi connectivity index (χ0) is 18.3. The molecule has 1 N–H and O–H groups in total. The third-order valence-electron chi connectivity index (χ3n) is 5.58. The highest BCUT2D eigenvalue weighted by Crippen LogP contribution is 2.37. The van der Waals surface area contributed by atoms with Crippen LogP contribution in [0.1, 0.15) is 39.3 Å². The molecule has 26 heavy (non-hydrogen) atoms. The van der Waals surface area contributed by atoms with E-state index in [4.69, 9.17) is 0 Å². The Morgan fingerprint density at radius 1 is 1.42 bits per heavy atom. The summed E-state index contributed by atoms with van der Waals surface area (Å²) in [7, 11) is 0. The lowest BCUT2D eigenvalue weighted by Crippen LogP contribution is -2.57. The molecule has 4 atom stereocenters. The number of nitrogens with one attached hydrogen (secondary N) is 1. The van der Waals surface area contributed by atoms with Crippen molar-refractivity contribution in [3.63, 3.8) is 0 Å². The zero-order valence-corrected chi connectivity index (χ0v) is 16.4. The van der Waals surface area contributed by atoms with Crippen LogP contribution in [0.3, 0.4) is 0 Å². The van der Waals surface area contributed by atoms with Gasteiger partial charge in [-0.3, -0.25) is 14.4 Å². The Labute approximate surface area is 157 Å². The number of carbonyl (C=O) groups excluding carboxylic acids is 1. The van der Waals surface area contributed by atoms with Crippen LogP contribution in [-0.2, 0) is 16.8 Å². The van der Waals surface area contributed by atoms with Crippen molar-refractivity contribution in [1.29, 1.82) is 0 Å². The van der Waals surface area contributed by atoms with E-state index in [9.17, 15) is 4.79 Å². The summed E-state index contributed by atoms with van der Waals surface area (Å²) in [6.07, 6.45) is 5.92. The summed E-state index contributed by atoms with van der Waals surface area (Å²) >= 11 is 1.47. The second-order valence-electron chi connectivity index (χ2n) is 8.44. The van der Waals surface area contributed by atoms with E-state index in [-0.39, 0.29) is 17.2 Å². The van der Waals surface area contributed by atoms with Crippen LogP contribution in [0.2, 0.25) is 0 Å². The molecule has 5 rings (SSSR count). The van der Waals surface area contributed by atoms with E-state index in [1.54, 1.807) is 6.20 Å². The highest BCUT2D eigenvalue weighted by Gasteiger charge is 2.43. The summed E-state index contributed by atoms with van der Waals surface area (Å²) in [5.74, 6) is 0.615. The van der Waals surface area contributed by atoms with Crippen molar-refractivity contribution >= 4 is 22.4 Å². The van der Waals surface area contributed by atoms with Crippen molar-refractivity contribution in [1.82, 2.24) is 24.9 Å². The van der Waals surface area contributed by atoms with Crippen molar-refractivity contribution in [2.24, 2.45) is 11.8 Å². The number of piperidine rings is 3. The Morgan fingerprint density at radius 3 is 2.88 bits per heavy atom. The lowest BCUT2D eigenvalue weighted by atomic mass is 9.75. The summed E-state index contributed by atoms with van der Waals surface area (Å²) in [5, 5.41) is 14.2. The molecule has 3 aliphatic rings. The van der Waals surface area contributed by atoms with E-state index in [0.717, 1.165) is 38.2 Å². The predicted molar refractivity (Wildman–Crippen MR) is 101 cm³/mol. The monoisotopic (exact) mass is 374 g/mol. The van der Waals surface area contributed by atoms with Gasteiger partial charge in [-0.15, -0.1) is 16.4 Å². The Bertz CT molecular complexity index is 765. The van der Waals surface area contributed by atoms with E-state index in [2.05, 4.69) is 52.5 Å².